The molecule has 1 saturated heterocycles. The second-order valence-corrected chi connectivity index (χ2v) is 13.5. The van der Waals surface area contributed by atoms with Crippen molar-refractivity contribution in [2.24, 2.45) is 0 Å². The van der Waals surface area contributed by atoms with Crippen LogP contribution in [-0.4, -0.2) is 82.6 Å². The zero-order valence-corrected chi connectivity index (χ0v) is 28.1. The summed E-state index contributed by atoms with van der Waals surface area (Å²) in [6.07, 6.45) is 3.46. The number of nitrogens with zero attached hydrogens (tertiary/aromatic N) is 5. The molecule has 0 atom stereocenters. The maximum absolute atomic E-state index is 13.4. The number of fused-ring (bicyclic) bond motifs is 1. The lowest BCUT2D eigenvalue weighted by Crippen LogP contribution is -2.43. The Hall–Kier alpha value is -4.59. The van der Waals surface area contributed by atoms with Crippen LogP contribution in [0.15, 0.2) is 65.7 Å². The number of carbonyl (C=O) groups is 2. The molecule has 2 aliphatic rings. The highest BCUT2D eigenvalue weighted by atomic mass is 32.2. The van der Waals surface area contributed by atoms with Crippen molar-refractivity contribution in [2.75, 3.05) is 62.0 Å². The summed E-state index contributed by atoms with van der Waals surface area (Å²) in [5, 5.41) is 13.6. The lowest BCUT2D eigenvalue weighted by Gasteiger charge is -2.32. The average molecular weight is 657 g/mol. The van der Waals surface area contributed by atoms with Crippen LogP contribution < -0.4 is 25.4 Å². The van der Waals surface area contributed by atoms with E-state index in [1.54, 1.807) is 22.9 Å². The first-order valence-corrected chi connectivity index (χ1v) is 16.7. The summed E-state index contributed by atoms with van der Waals surface area (Å²) in [6, 6.07) is 16.9. The van der Waals surface area contributed by atoms with Gasteiger partial charge in [0.05, 0.1) is 17.1 Å². The minimum absolute atomic E-state index is 0.110. The molecule has 0 unspecified atom stereocenters. The summed E-state index contributed by atoms with van der Waals surface area (Å²) in [5.41, 5.74) is 3.38. The second kappa shape index (κ2) is 13.6. The van der Waals surface area contributed by atoms with Gasteiger partial charge in [-0.25, -0.2) is 14.5 Å². The molecule has 0 radical (unpaired) electrons. The Morgan fingerprint density at radius 1 is 1.04 bits per heavy atom. The summed E-state index contributed by atoms with van der Waals surface area (Å²) < 4.78 is 13.4. The van der Waals surface area contributed by atoms with E-state index in [-0.39, 0.29) is 17.9 Å². The van der Waals surface area contributed by atoms with Gasteiger partial charge in [-0.2, -0.15) is 5.10 Å². The fraction of sp³-hybridized carbons (Fsp3) is 0.353. The Balaban J connectivity index is 1.16. The zero-order chi connectivity index (χ0) is 33.1. The molecule has 0 spiro atoms. The number of likely N-dealkylation sites (N-methyl/N-ethyl adjacent to an activating group) is 1. The van der Waals surface area contributed by atoms with Crippen LogP contribution in [0, 0.1) is 0 Å². The molecular weight excluding hydrogens is 616 g/mol. The molecule has 6 rings (SSSR count). The van der Waals surface area contributed by atoms with E-state index in [1.807, 2.05) is 18.4 Å². The third-order valence-corrected chi connectivity index (χ3v) is 8.80. The molecular formula is C34H40N8O4S. The monoisotopic (exact) mass is 656 g/mol. The van der Waals surface area contributed by atoms with Gasteiger partial charge < -0.3 is 25.0 Å². The standard InChI is InChI=1S/C34H40N8O4S/c1-34(2,3)28-19-29(42(39-28)23-8-6-22(7-9-23)20-41-16-14-40(4)15-17-41)37-33(44)36-25-11-10-24(18-27(25)47-5)46-26-12-13-35-32-31(26)45-21-30(43)38-32/h6-13,18-19H,14-17,20-21H2,1-5H3,(H,35,38,43)(H2,36,37,44). The van der Waals surface area contributed by atoms with Gasteiger partial charge in [0.25, 0.3) is 5.91 Å². The van der Waals surface area contributed by atoms with Crippen LogP contribution in [0.25, 0.3) is 5.69 Å². The molecule has 2 aromatic carbocycles. The highest BCUT2D eigenvalue weighted by Crippen LogP contribution is 2.39. The highest BCUT2D eigenvalue weighted by Gasteiger charge is 2.24. The first-order chi connectivity index (χ1) is 22.6. The number of hydrogen-bond donors (Lipinski definition) is 3. The van der Waals surface area contributed by atoms with Crippen LogP contribution in [0.4, 0.5) is 22.1 Å². The molecule has 0 saturated carbocycles. The van der Waals surface area contributed by atoms with Crippen LogP contribution in [0.3, 0.4) is 0 Å². The molecule has 4 aromatic rings. The predicted octanol–water partition coefficient (Wildman–Crippen LogP) is 5.80. The number of carbonyl (C=O) groups excluding carboxylic acids is 2. The van der Waals surface area contributed by atoms with Crippen LogP contribution in [0.2, 0.25) is 0 Å². The molecule has 0 aliphatic carbocycles. The number of benzene rings is 2. The first kappa shape index (κ1) is 32.4. The molecule has 1 fully saturated rings. The van der Waals surface area contributed by atoms with Gasteiger partial charge in [-0.3, -0.25) is 15.0 Å². The van der Waals surface area contributed by atoms with E-state index < -0.39 is 6.03 Å². The zero-order valence-electron chi connectivity index (χ0n) is 27.3. The number of urea groups is 1. The predicted molar refractivity (Wildman–Crippen MR) is 184 cm³/mol. The number of amides is 3. The summed E-state index contributed by atoms with van der Waals surface area (Å²) in [4.78, 5) is 34.8. The van der Waals surface area contributed by atoms with Crippen molar-refractivity contribution in [3.05, 3.63) is 72.1 Å². The maximum Gasteiger partial charge on any atom is 0.324 e. The summed E-state index contributed by atoms with van der Waals surface area (Å²) >= 11 is 1.47. The van der Waals surface area contributed by atoms with Gasteiger partial charge in [0.15, 0.2) is 18.2 Å². The van der Waals surface area contributed by atoms with E-state index in [9.17, 15) is 9.59 Å². The van der Waals surface area contributed by atoms with Gasteiger partial charge in [0.2, 0.25) is 5.75 Å². The topological polar surface area (TPSA) is 126 Å². The van der Waals surface area contributed by atoms with Crippen LogP contribution in [-0.2, 0) is 16.8 Å². The number of hydrogen-bond acceptors (Lipinski definition) is 9. The third kappa shape index (κ3) is 7.70. The SMILES string of the molecule is CSc1cc(Oc2ccnc3c2OCC(=O)N3)ccc1NC(=O)Nc1cc(C(C)(C)C)nn1-c1ccc(CN2CCN(C)CC2)cc1. The number of ether oxygens (including phenoxy) is 2. The number of piperazine rings is 1. The van der Waals surface area contributed by atoms with Crippen LogP contribution in [0.5, 0.6) is 17.2 Å². The Morgan fingerprint density at radius 2 is 1.81 bits per heavy atom. The van der Waals surface area contributed by atoms with Crippen LogP contribution >= 0.6 is 11.8 Å². The summed E-state index contributed by atoms with van der Waals surface area (Å²) in [7, 11) is 2.16. The molecule has 2 aromatic heterocycles. The molecule has 12 nitrogen and oxygen atoms in total. The molecule has 4 heterocycles. The molecule has 47 heavy (non-hydrogen) atoms. The largest absolute Gasteiger partial charge is 0.476 e. The van der Waals surface area contributed by atoms with Gasteiger partial charge >= 0.3 is 6.03 Å². The first-order valence-electron chi connectivity index (χ1n) is 15.5. The van der Waals surface area contributed by atoms with Gasteiger partial charge in [-0.15, -0.1) is 11.8 Å². The van der Waals surface area contributed by atoms with E-state index >= 15 is 0 Å². The third-order valence-electron chi connectivity index (χ3n) is 8.03. The van der Waals surface area contributed by atoms with E-state index in [0.29, 0.717) is 34.6 Å². The van der Waals surface area contributed by atoms with Gasteiger partial charge in [-0.1, -0.05) is 32.9 Å². The Bertz CT molecular complexity index is 1760. The fourth-order valence-corrected chi connectivity index (χ4v) is 5.89. The minimum atomic E-state index is -0.394. The lowest BCUT2D eigenvalue weighted by atomic mass is 9.92. The number of anilines is 3. The molecule has 3 amide bonds. The number of thioether (sulfide) groups is 1. The Morgan fingerprint density at radius 3 is 2.53 bits per heavy atom. The van der Waals surface area contributed by atoms with Gasteiger partial charge in [-0.05, 0) is 49.2 Å². The van der Waals surface area contributed by atoms with E-state index in [1.165, 1.54) is 23.5 Å². The van der Waals surface area contributed by atoms with Crippen molar-refractivity contribution in [3.63, 3.8) is 0 Å². The maximum atomic E-state index is 13.4. The summed E-state index contributed by atoms with van der Waals surface area (Å²) in [5.74, 6) is 1.95. The number of nitrogens with one attached hydrogen (secondary N) is 3. The Kier molecular flexibility index (Phi) is 9.39. The molecule has 246 valence electrons. The average Bonchev–Trinajstić information content (AvgIpc) is 3.47. The Labute approximate surface area is 278 Å². The van der Waals surface area contributed by atoms with Crippen molar-refractivity contribution >= 4 is 41.0 Å². The van der Waals surface area contributed by atoms with Gasteiger partial charge in [0.1, 0.15) is 11.6 Å². The van der Waals surface area contributed by atoms with Gasteiger partial charge in [0, 0.05) is 61.4 Å². The van der Waals surface area contributed by atoms with E-state index in [0.717, 1.165) is 49.0 Å². The quantitative estimate of drug-likeness (QED) is 0.202. The minimum Gasteiger partial charge on any atom is -0.476 e. The molecule has 3 N–H and O–H groups in total. The van der Waals surface area contributed by atoms with Crippen molar-refractivity contribution in [1.82, 2.24) is 24.6 Å². The number of rotatable bonds is 8. The van der Waals surface area contributed by atoms with Crippen molar-refractivity contribution in [3.8, 4) is 22.9 Å². The van der Waals surface area contributed by atoms with E-state index in [2.05, 4.69) is 82.8 Å². The van der Waals surface area contributed by atoms with Crippen LogP contribution in [0.1, 0.15) is 32.0 Å². The number of pyridine rings is 1. The molecule has 13 heteroatoms. The highest BCUT2D eigenvalue weighted by molar-refractivity contribution is 7.98. The second-order valence-electron chi connectivity index (χ2n) is 12.7. The fourth-order valence-electron chi connectivity index (χ4n) is 5.32. The van der Waals surface area contributed by atoms with Crippen molar-refractivity contribution in [2.45, 2.75) is 37.6 Å². The normalized spacial score (nSPS) is 15.4. The molecule has 2 aliphatic heterocycles. The molecule has 0 bridgehead atoms. The van der Waals surface area contributed by atoms with Crippen molar-refractivity contribution < 1.29 is 19.1 Å². The number of aromatic nitrogens is 3. The smallest absolute Gasteiger partial charge is 0.324 e. The van der Waals surface area contributed by atoms with Crippen molar-refractivity contribution in [1.29, 1.82) is 0 Å². The summed E-state index contributed by atoms with van der Waals surface area (Å²) in [6.45, 7) is 11.4. The lowest BCUT2D eigenvalue weighted by molar-refractivity contribution is -0.118. The van der Waals surface area contributed by atoms with E-state index in [4.69, 9.17) is 14.6 Å².